The summed E-state index contributed by atoms with van der Waals surface area (Å²) in [5, 5.41) is 0. The predicted molar refractivity (Wildman–Crippen MR) is 88.3 cm³/mol. The van der Waals surface area contributed by atoms with E-state index >= 15 is 0 Å². The van der Waals surface area contributed by atoms with E-state index < -0.39 is 0 Å². The number of carbonyl (C=O) groups is 3. The molecule has 6 heteroatoms. The van der Waals surface area contributed by atoms with Gasteiger partial charge in [-0.1, -0.05) is 20.8 Å². The maximum absolute atomic E-state index is 12.0. The van der Waals surface area contributed by atoms with E-state index in [9.17, 15) is 14.4 Å². The average molecular weight is 352 g/mol. The van der Waals surface area contributed by atoms with Crippen molar-refractivity contribution in [1.29, 1.82) is 0 Å². The summed E-state index contributed by atoms with van der Waals surface area (Å²) in [7, 11) is 0. The molecule has 6 nitrogen and oxygen atoms in total. The molecule has 0 radical (unpaired) electrons. The van der Waals surface area contributed by atoms with Crippen molar-refractivity contribution in [3.8, 4) is 0 Å². The SMILES string of the molecule is CC(=O)OC1CC(OC(C)=O)C2(C)CC3C(CC(C)C12)OC(=O)C3C. The number of hydrogen-bond donors (Lipinski definition) is 0. The summed E-state index contributed by atoms with van der Waals surface area (Å²) < 4.78 is 16.9. The lowest BCUT2D eigenvalue weighted by Gasteiger charge is -2.39. The zero-order valence-electron chi connectivity index (χ0n) is 15.6. The van der Waals surface area contributed by atoms with E-state index in [1.807, 2.05) is 6.92 Å². The Morgan fingerprint density at radius 3 is 2.36 bits per heavy atom. The summed E-state index contributed by atoms with van der Waals surface area (Å²) in [6.07, 6.45) is 1.32. The number of carbonyl (C=O) groups excluding carboxylic acids is 3. The van der Waals surface area contributed by atoms with Gasteiger partial charge in [-0.25, -0.2) is 0 Å². The van der Waals surface area contributed by atoms with Crippen LogP contribution in [0.1, 0.15) is 53.9 Å². The number of hydrogen-bond acceptors (Lipinski definition) is 6. The van der Waals surface area contributed by atoms with Crippen molar-refractivity contribution in [1.82, 2.24) is 0 Å². The van der Waals surface area contributed by atoms with Crippen molar-refractivity contribution in [3.05, 3.63) is 0 Å². The van der Waals surface area contributed by atoms with Gasteiger partial charge in [0.05, 0.1) is 5.92 Å². The minimum atomic E-state index is -0.340. The zero-order chi connectivity index (χ0) is 18.5. The van der Waals surface area contributed by atoms with Gasteiger partial charge < -0.3 is 14.2 Å². The van der Waals surface area contributed by atoms with Gasteiger partial charge in [0.1, 0.15) is 18.3 Å². The summed E-state index contributed by atoms with van der Waals surface area (Å²) >= 11 is 0. The Labute approximate surface area is 148 Å². The van der Waals surface area contributed by atoms with Crippen LogP contribution in [0.2, 0.25) is 0 Å². The van der Waals surface area contributed by atoms with E-state index in [4.69, 9.17) is 14.2 Å². The molecule has 25 heavy (non-hydrogen) atoms. The minimum Gasteiger partial charge on any atom is -0.462 e. The van der Waals surface area contributed by atoms with Gasteiger partial charge in [-0.3, -0.25) is 14.4 Å². The van der Waals surface area contributed by atoms with E-state index in [1.54, 1.807) is 0 Å². The van der Waals surface area contributed by atoms with Crippen molar-refractivity contribution in [2.75, 3.05) is 0 Å². The van der Waals surface area contributed by atoms with E-state index in [0.717, 1.165) is 12.8 Å². The molecular weight excluding hydrogens is 324 g/mol. The van der Waals surface area contributed by atoms with Crippen LogP contribution < -0.4 is 0 Å². The minimum absolute atomic E-state index is 0.0808. The molecule has 1 heterocycles. The fraction of sp³-hybridized carbons (Fsp3) is 0.842. The van der Waals surface area contributed by atoms with Gasteiger partial charge in [-0.05, 0) is 18.8 Å². The number of ether oxygens (including phenoxy) is 3. The Morgan fingerprint density at radius 1 is 1.12 bits per heavy atom. The molecule has 2 saturated carbocycles. The topological polar surface area (TPSA) is 78.9 Å². The molecule has 0 aromatic rings. The smallest absolute Gasteiger partial charge is 0.309 e. The normalized spacial score (nSPS) is 45.8. The molecule has 140 valence electrons. The molecule has 1 saturated heterocycles. The predicted octanol–water partition coefficient (Wildman–Crippen LogP) is 2.48. The zero-order valence-corrected chi connectivity index (χ0v) is 15.6. The third-order valence-electron chi connectivity index (χ3n) is 6.62. The van der Waals surface area contributed by atoms with Crippen LogP contribution in [0.4, 0.5) is 0 Å². The Morgan fingerprint density at radius 2 is 1.76 bits per heavy atom. The van der Waals surface area contributed by atoms with Crippen LogP contribution >= 0.6 is 0 Å². The molecule has 3 fully saturated rings. The van der Waals surface area contributed by atoms with Gasteiger partial charge in [0.25, 0.3) is 0 Å². The van der Waals surface area contributed by atoms with Crippen LogP contribution in [0.3, 0.4) is 0 Å². The molecule has 8 atom stereocenters. The van der Waals surface area contributed by atoms with E-state index in [0.29, 0.717) is 6.42 Å². The van der Waals surface area contributed by atoms with Crippen LogP contribution in [-0.4, -0.2) is 36.2 Å². The fourth-order valence-corrected chi connectivity index (χ4v) is 5.66. The number of rotatable bonds is 2. The van der Waals surface area contributed by atoms with Gasteiger partial charge in [0, 0.05) is 37.5 Å². The van der Waals surface area contributed by atoms with Gasteiger partial charge >= 0.3 is 17.9 Å². The van der Waals surface area contributed by atoms with Crippen molar-refractivity contribution in [2.45, 2.75) is 72.2 Å². The fourth-order valence-electron chi connectivity index (χ4n) is 5.66. The molecule has 0 spiro atoms. The Kier molecular flexibility index (Phi) is 4.58. The molecular formula is C19H28O6. The highest BCUT2D eigenvalue weighted by Crippen LogP contribution is 2.58. The molecule has 0 N–H and O–H groups in total. The van der Waals surface area contributed by atoms with Crippen LogP contribution in [0.25, 0.3) is 0 Å². The number of esters is 3. The molecule has 8 unspecified atom stereocenters. The standard InChI is InChI=1S/C19H28O6/c1-9-6-14-13(10(2)18(22)25-14)8-19(5)16(24-12(4)21)7-15(17(9)19)23-11(3)20/h9-10,13-17H,6-8H2,1-5H3. The lowest BCUT2D eigenvalue weighted by Crippen LogP contribution is -2.40. The summed E-state index contributed by atoms with van der Waals surface area (Å²) in [6, 6.07) is 0. The van der Waals surface area contributed by atoms with E-state index in [-0.39, 0.29) is 65.3 Å². The van der Waals surface area contributed by atoms with E-state index in [1.165, 1.54) is 13.8 Å². The molecule has 3 aliphatic rings. The highest BCUT2D eigenvalue weighted by Gasteiger charge is 2.62. The van der Waals surface area contributed by atoms with Crippen LogP contribution in [0, 0.1) is 29.1 Å². The molecule has 0 aromatic carbocycles. The van der Waals surface area contributed by atoms with E-state index in [2.05, 4.69) is 13.8 Å². The van der Waals surface area contributed by atoms with Crippen molar-refractivity contribution in [3.63, 3.8) is 0 Å². The first-order valence-corrected chi connectivity index (χ1v) is 9.18. The van der Waals surface area contributed by atoms with Crippen molar-refractivity contribution < 1.29 is 28.6 Å². The van der Waals surface area contributed by atoms with Gasteiger partial charge in [-0.15, -0.1) is 0 Å². The maximum Gasteiger partial charge on any atom is 0.309 e. The first kappa shape index (κ1) is 18.2. The molecule has 0 aromatic heterocycles. The molecule has 1 aliphatic heterocycles. The lowest BCUT2D eigenvalue weighted by molar-refractivity contribution is -0.154. The van der Waals surface area contributed by atoms with Crippen molar-refractivity contribution in [2.24, 2.45) is 29.1 Å². The average Bonchev–Trinajstić information content (AvgIpc) is 2.82. The highest BCUT2D eigenvalue weighted by atomic mass is 16.6. The second kappa shape index (κ2) is 6.29. The van der Waals surface area contributed by atoms with Gasteiger partial charge in [0.15, 0.2) is 0 Å². The summed E-state index contributed by atoms with van der Waals surface area (Å²) in [6.45, 7) is 8.97. The van der Waals surface area contributed by atoms with Crippen molar-refractivity contribution >= 4 is 17.9 Å². The quantitative estimate of drug-likeness (QED) is 0.561. The van der Waals surface area contributed by atoms with Crippen LogP contribution in [0.15, 0.2) is 0 Å². The largest absolute Gasteiger partial charge is 0.462 e. The molecule has 2 aliphatic carbocycles. The molecule has 3 rings (SSSR count). The summed E-state index contributed by atoms with van der Waals surface area (Å²) in [5.74, 6) is -0.540. The second-order valence-corrected chi connectivity index (χ2v) is 8.36. The lowest BCUT2D eigenvalue weighted by atomic mass is 9.68. The highest BCUT2D eigenvalue weighted by molar-refractivity contribution is 5.75. The van der Waals surface area contributed by atoms with Gasteiger partial charge in [-0.2, -0.15) is 0 Å². The Hall–Kier alpha value is -1.59. The van der Waals surface area contributed by atoms with Crippen LogP contribution in [0.5, 0.6) is 0 Å². The Balaban J connectivity index is 1.97. The van der Waals surface area contributed by atoms with Gasteiger partial charge in [0.2, 0.25) is 0 Å². The Bertz CT molecular complexity index is 586. The summed E-state index contributed by atoms with van der Waals surface area (Å²) in [4.78, 5) is 35.3. The maximum atomic E-state index is 12.0. The molecule has 0 amide bonds. The third-order valence-corrected chi connectivity index (χ3v) is 6.62. The number of fused-ring (bicyclic) bond motifs is 2. The molecule has 0 bridgehead atoms. The second-order valence-electron chi connectivity index (χ2n) is 8.36. The first-order chi connectivity index (χ1) is 11.6. The monoisotopic (exact) mass is 352 g/mol. The summed E-state index contributed by atoms with van der Waals surface area (Å²) in [5.41, 5.74) is -0.340. The third kappa shape index (κ3) is 3.04. The van der Waals surface area contributed by atoms with Crippen LogP contribution in [-0.2, 0) is 28.6 Å². The first-order valence-electron chi connectivity index (χ1n) is 9.18.